The second-order valence-corrected chi connectivity index (χ2v) is 5.05. The fourth-order valence-electron chi connectivity index (χ4n) is 1.64. The van der Waals surface area contributed by atoms with Gasteiger partial charge in [-0.3, -0.25) is 4.79 Å². The van der Waals surface area contributed by atoms with E-state index in [1.165, 1.54) is 6.07 Å². The lowest BCUT2D eigenvalue weighted by Crippen LogP contribution is -2.25. The number of rotatable bonds is 6. The van der Waals surface area contributed by atoms with Gasteiger partial charge in [0.15, 0.2) is 11.6 Å². The van der Waals surface area contributed by atoms with E-state index in [0.717, 1.165) is 6.42 Å². The summed E-state index contributed by atoms with van der Waals surface area (Å²) >= 11 is 8.88. The van der Waals surface area contributed by atoms with Crippen LogP contribution >= 0.6 is 27.5 Å². The molecule has 0 amide bonds. The van der Waals surface area contributed by atoms with E-state index in [1.807, 2.05) is 6.92 Å². The maximum Gasteiger partial charge on any atom is 0.194 e. The zero-order valence-corrected chi connectivity index (χ0v) is 12.6. The lowest BCUT2D eigenvalue weighted by atomic mass is 10.0. The average Bonchev–Trinajstić information content (AvgIpc) is 2.35. The fourth-order valence-corrected chi connectivity index (χ4v) is 2.11. The van der Waals surface area contributed by atoms with Gasteiger partial charge >= 0.3 is 0 Å². The van der Waals surface area contributed by atoms with E-state index in [9.17, 15) is 9.18 Å². The quantitative estimate of drug-likeness (QED) is 0.559. The fraction of sp³-hybridized carbons (Fsp3) is 0.462. The first-order valence-electron chi connectivity index (χ1n) is 5.82. The molecule has 5 heteroatoms. The van der Waals surface area contributed by atoms with Crippen molar-refractivity contribution in [1.29, 1.82) is 0 Å². The van der Waals surface area contributed by atoms with Crippen LogP contribution < -0.4 is 0 Å². The highest BCUT2D eigenvalue weighted by atomic mass is 79.9. The highest BCUT2D eigenvalue weighted by Gasteiger charge is 2.24. The topological polar surface area (TPSA) is 26.3 Å². The van der Waals surface area contributed by atoms with Gasteiger partial charge in [0.25, 0.3) is 0 Å². The molecule has 0 radical (unpaired) electrons. The second-order valence-electron chi connectivity index (χ2n) is 3.82. The van der Waals surface area contributed by atoms with E-state index in [0.29, 0.717) is 17.5 Å². The van der Waals surface area contributed by atoms with E-state index < -0.39 is 11.9 Å². The van der Waals surface area contributed by atoms with Gasteiger partial charge in [0, 0.05) is 11.1 Å². The third-order valence-electron chi connectivity index (χ3n) is 2.51. The average molecular weight is 338 g/mol. The minimum Gasteiger partial charge on any atom is -0.370 e. The van der Waals surface area contributed by atoms with Crippen LogP contribution in [-0.2, 0) is 4.74 Å². The van der Waals surface area contributed by atoms with Gasteiger partial charge in [0.2, 0.25) is 0 Å². The molecule has 0 aliphatic heterocycles. The normalized spacial score (nSPS) is 12.5. The Bertz CT molecular complexity index is 431. The Morgan fingerprint density at radius 3 is 2.72 bits per heavy atom. The maximum atomic E-state index is 13.9. The number of hydrogen-bond acceptors (Lipinski definition) is 2. The minimum absolute atomic E-state index is 0.0184. The Balaban J connectivity index is 3.05. The van der Waals surface area contributed by atoms with Crippen molar-refractivity contribution in [3.63, 3.8) is 0 Å². The van der Waals surface area contributed by atoms with Crippen LogP contribution in [-0.4, -0.2) is 18.5 Å². The predicted octanol–water partition coefficient (Wildman–Crippen LogP) is 4.63. The SMILES string of the molecule is CCCC(OCC)C(=O)c1ccc(Br)c(Cl)c1F. The molecule has 18 heavy (non-hydrogen) atoms. The van der Waals surface area contributed by atoms with Gasteiger partial charge in [-0.1, -0.05) is 24.9 Å². The van der Waals surface area contributed by atoms with Crippen LogP contribution in [0.3, 0.4) is 0 Å². The molecule has 0 heterocycles. The van der Waals surface area contributed by atoms with Gasteiger partial charge in [-0.05, 0) is 41.4 Å². The summed E-state index contributed by atoms with van der Waals surface area (Å²) in [6.45, 7) is 4.17. The molecule has 0 saturated heterocycles. The third-order valence-corrected chi connectivity index (χ3v) is 3.77. The largest absolute Gasteiger partial charge is 0.370 e. The lowest BCUT2D eigenvalue weighted by Gasteiger charge is -2.15. The zero-order valence-electron chi connectivity index (χ0n) is 10.3. The summed E-state index contributed by atoms with van der Waals surface area (Å²) in [4.78, 5) is 12.2. The van der Waals surface area contributed by atoms with Gasteiger partial charge in [-0.2, -0.15) is 0 Å². The summed E-state index contributed by atoms with van der Waals surface area (Å²) in [7, 11) is 0. The summed E-state index contributed by atoms with van der Waals surface area (Å²) in [5.74, 6) is -1.05. The maximum absolute atomic E-state index is 13.9. The smallest absolute Gasteiger partial charge is 0.194 e. The molecule has 0 fully saturated rings. The van der Waals surface area contributed by atoms with Crippen molar-refractivity contribution in [2.75, 3.05) is 6.61 Å². The van der Waals surface area contributed by atoms with Crippen LogP contribution in [0.5, 0.6) is 0 Å². The summed E-state index contributed by atoms with van der Waals surface area (Å²) in [5, 5.41) is -0.0763. The number of ether oxygens (including phenoxy) is 1. The van der Waals surface area contributed by atoms with Gasteiger partial charge < -0.3 is 4.74 Å². The van der Waals surface area contributed by atoms with E-state index in [2.05, 4.69) is 15.9 Å². The highest BCUT2D eigenvalue weighted by molar-refractivity contribution is 9.10. The number of halogens is 3. The van der Waals surface area contributed by atoms with Crippen molar-refractivity contribution in [2.45, 2.75) is 32.8 Å². The van der Waals surface area contributed by atoms with E-state index >= 15 is 0 Å². The van der Waals surface area contributed by atoms with Crippen LogP contribution in [0.25, 0.3) is 0 Å². The highest BCUT2D eigenvalue weighted by Crippen LogP contribution is 2.28. The van der Waals surface area contributed by atoms with Crippen molar-refractivity contribution < 1.29 is 13.9 Å². The van der Waals surface area contributed by atoms with Crippen molar-refractivity contribution in [1.82, 2.24) is 0 Å². The Hall–Kier alpha value is -0.450. The van der Waals surface area contributed by atoms with Gasteiger partial charge in [-0.25, -0.2) is 4.39 Å². The number of ketones is 1. The van der Waals surface area contributed by atoms with Gasteiger partial charge in [0.05, 0.1) is 10.6 Å². The van der Waals surface area contributed by atoms with Crippen molar-refractivity contribution in [2.24, 2.45) is 0 Å². The molecule has 1 aromatic rings. The van der Waals surface area contributed by atoms with Crippen LogP contribution in [0.2, 0.25) is 5.02 Å². The van der Waals surface area contributed by atoms with Crippen molar-refractivity contribution >= 4 is 33.3 Å². The third kappa shape index (κ3) is 3.53. The first-order chi connectivity index (χ1) is 8.52. The predicted molar refractivity (Wildman–Crippen MR) is 73.8 cm³/mol. The van der Waals surface area contributed by atoms with Crippen LogP contribution in [0, 0.1) is 5.82 Å². The Morgan fingerprint density at radius 2 is 2.17 bits per heavy atom. The molecule has 0 N–H and O–H groups in total. The Labute approximate surface area is 120 Å². The van der Waals surface area contributed by atoms with Crippen LogP contribution in [0.15, 0.2) is 16.6 Å². The molecule has 0 spiro atoms. The zero-order chi connectivity index (χ0) is 13.7. The molecule has 0 aromatic heterocycles. The molecule has 0 saturated carbocycles. The molecular weight excluding hydrogens is 322 g/mol. The number of benzene rings is 1. The number of Topliss-reactive ketones (excluding diaryl/α,β-unsaturated/α-hetero) is 1. The summed E-state index contributed by atoms with van der Waals surface area (Å²) in [6.07, 6.45) is 0.758. The number of carbonyl (C=O) groups is 1. The van der Waals surface area contributed by atoms with Gasteiger partial charge in [-0.15, -0.1) is 0 Å². The molecule has 0 aliphatic rings. The second kappa shape index (κ2) is 7.22. The first kappa shape index (κ1) is 15.6. The minimum atomic E-state index is -0.697. The molecule has 0 bridgehead atoms. The monoisotopic (exact) mass is 336 g/mol. The first-order valence-corrected chi connectivity index (χ1v) is 6.99. The lowest BCUT2D eigenvalue weighted by molar-refractivity contribution is 0.0419. The van der Waals surface area contributed by atoms with E-state index in [4.69, 9.17) is 16.3 Å². The molecular formula is C13H15BrClFO2. The molecule has 2 nitrogen and oxygen atoms in total. The van der Waals surface area contributed by atoms with E-state index in [-0.39, 0.29) is 16.4 Å². The van der Waals surface area contributed by atoms with Gasteiger partial charge in [0.1, 0.15) is 6.10 Å². The summed E-state index contributed by atoms with van der Waals surface area (Å²) in [6, 6.07) is 2.99. The number of carbonyl (C=O) groups excluding carboxylic acids is 1. The van der Waals surface area contributed by atoms with Crippen molar-refractivity contribution in [3.05, 3.63) is 33.0 Å². The van der Waals surface area contributed by atoms with Crippen molar-refractivity contribution in [3.8, 4) is 0 Å². The molecule has 1 unspecified atom stereocenters. The van der Waals surface area contributed by atoms with Crippen LogP contribution in [0.1, 0.15) is 37.0 Å². The molecule has 1 rings (SSSR count). The standard InChI is InChI=1S/C13H15BrClFO2/c1-3-5-10(18-4-2)13(17)8-6-7-9(14)11(15)12(8)16/h6-7,10H,3-5H2,1-2H3. The molecule has 1 atom stereocenters. The Kier molecular flexibility index (Phi) is 6.26. The molecule has 100 valence electrons. The molecule has 0 aliphatic carbocycles. The Morgan fingerprint density at radius 1 is 1.50 bits per heavy atom. The number of hydrogen-bond donors (Lipinski definition) is 0. The van der Waals surface area contributed by atoms with Crippen LogP contribution in [0.4, 0.5) is 4.39 Å². The summed E-state index contributed by atoms with van der Waals surface area (Å²) < 4.78 is 19.7. The summed E-state index contributed by atoms with van der Waals surface area (Å²) in [5.41, 5.74) is -0.0184. The van der Waals surface area contributed by atoms with E-state index in [1.54, 1.807) is 13.0 Å². The molecule has 1 aromatic carbocycles.